The third-order valence-electron chi connectivity index (χ3n) is 6.43. The Kier molecular flexibility index (Phi) is 10.4. The molecule has 0 spiro atoms. The summed E-state index contributed by atoms with van der Waals surface area (Å²) in [6.45, 7) is 21.6. The molecule has 2 heterocycles. The smallest absolute Gasteiger partial charge is 0.239 e. The minimum atomic E-state index is -0.0113. The van der Waals surface area contributed by atoms with E-state index in [1.807, 2.05) is 4.90 Å². The van der Waals surface area contributed by atoms with Gasteiger partial charge in [-0.3, -0.25) is 19.6 Å². The number of nitrogens with zero attached hydrogens (tertiary/aromatic N) is 5. The summed E-state index contributed by atoms with van der Waals surface area (Å²) in [5, 5.41) is 3.47. The van der Waals surface area contributed by atoms with E-state index in [1.54, 1.807) is 0 Å². The van der Waals surface area contributed by atoms with Crippen LogP contribution >= 0.6 is 0 Å². The van der Waals surface area contributed by atoms with Crippen molar-refractivity contribution in [3.63, 3.8) is 0 Å². The molecule has 174 valence electrons. The number of hydrogen-bond acceptors (Lipinski definition) is 4. The van der Waals surface area contributed by atoms with Gasteiger partial charge in [0.1, 0.15) is 0 Å². The van der Waals surface area contributed by atoms with Gasteiger partial charge < -0.3 is 15.1 Å². The fourth-order valence-electron chi connectivity index (χ4n) is 4.66. The van der Waals surface area contributed by atoms with Gasteiger partial charge in [0.15, 0.2) is 5.96 Å². The van der Waals surface area contributed by atoms with Crippen molar-refractivity contribution in [3.8, 4) is 0 Å². The molecule has 0 aliphatic carbocycles. The molecule has 0 saturated carbocycles. The van der Waals surface area contributed by atoms with Crippen LogP contribution in [0.5, 0.6) is 0 Å². The van der Waals surface area contributed by atoms with E-state index in [1.165, 1.54) is 0 Å². The van der Waals surface area contributed by atoms with Gasteiger partial charge in [-0.15, -0.1) is 0 Å². The van der Waals surface area contributed by atoms with Gasteiger partial charge in [-0.25, -0.2) is 0 Å². The summed E-state index contributed by atoms with van der Waals surface area (Å²) in [5.74, 6) is 1.33. The fourth-order valence-corrected chi connectivity index (χ4v) is 4.66. The van der Waals surface area contributed by atoms with E-state index in [4.69, 9.17) is 4.99 Å². The van der Waals surface area contributed by atoms with Crippen molar-refractivity contribution in [3.05, 3.63) is 0 Å². The number of guanidine groups is 1. The zero-order valence-electron chi connectivity index (χ0n) is 20.4. The molecule has 0 radical (unpaired) electrons. The van der Waals surface area contributed by atoms with Gasteiger partial charge in [-0.05, 0) is 60.8 Å². The van der Waals surface area contributed by atoms with Crippen LogP contribution in [0.4, 0.5) is 0 Å². The molecule has 7 nitrogen and oxygen atoms in total. The zero-order chi connectivity index (χ0) is 22.1. The SMILES string of the molecule is CCNC(=NCCCN(C(C)C)C(C)C)N1CCN(C(C)C(=O)N2CCCC2)CC1. The lowest BCUT2D eigenvalue weighted by Gasteiger charge is -2.39. The van der Waals surface area contributed by atoms with Gasteiger partial charge in [0, 0.05) is 71.0 Å². The first-order valence-corrected chi connectivity index (χ1v) is 12.2. The quantitative estimate of drug-likeness (QED) is 0.350. The Bertz CT molecular complexity index is 528. The Morgan fingerprint density at radius 2 is 1.53 bits per heavy atom. The number of piperazine rings is 1. The summed E-state index contributed by atoms with van der Waals surface area (Å²) in [4.78, 5) is 26.9. The molecule has 1 atom stereocenters. The second-order valence-corrected chi connectivity index (χ2v) is 9.25. The number of aliphatic imine (C=N–C) groups is 1. The number of carbonyl (C=O) groups excluding carboxylic acids is 1. The van der Waals surface area contributed by atoms with Crippen molar-refractivity contribution in [2.24, 2.45) is 4.99 Å². The maximum absolute atomic E-state index is 12.7. The maximum Gasteiger partial charge on any atom is 0.239 e. The highest BCUT2D eigenvalue weighted by molar-refractivity contribution is 5.82. The van der Waals surface area contributed by atoms with Crippen LogP contribution in [0.15, 0.2) is 4.99 Å². The molecular weight excluding hydrogens is 376 g/mol. The first-order chi connectivity index (χ1) is 14.3. The first-order valence-electron chi connectivity index (χ1n) is 12.2. The minimum Gasteiger partial charge on any atom is -0.357 e. The van der Waals surface area contributed by atoms with Crippen LogP contribution in [-0.2, 0) is 4.79 Å². The Labute approximate surface area is 184 Å². The Morgan fingerprint density at radius 3 is 2.07 bits per heavy atom. The van der Waals surface area contributed by atoms with E-state index in [0.29, 0.717) is 18.0 Å². The van der Waals surface area contributed by atoms with E-state index < -0.39 is 0 Å². The largest absolute Gasteiger partial charge is 0.357 e. The van der Waals surface area contributed by atoms with E-state index in [0.717, 1.165) is 84.1 Å². The fraction of sp³-hybridized carbons (Fsp3) is 0.913. The van der Waals surface area contributed by atoms with Crippen LogP contribution in [0, 0.1) is 0 Å². The van der Waals surface area contributed by atoms with E-state index in [2.05, 4.69) is 61.6 Å². The molecule has 2 saturated heterocycles. The Hall–Kier alpha value is -1.34. The molecular formula is C23H46N6O. The molecule has 1 amide bonds. The Balaban J connectivity index is 1.82. The monoisotopic (exact) mass is 422 g/mol. The summed E-state index contributed by atoms with van der Waals surface area (Å²) in [6.07, 6.45) is 3.38. The lowest BCUT2D eigenvalue weighted by Crippen LogP contribution is -2.57. The molecule has 0 bridgehead atoms. The van der Waals surface area contributed by atoms with Crippen LogP contribution < -0.4 is 5.32 Å². The third-order valence-corrected chi connectivity index (χ3v) is 6.43. The van der Waals surface area contributed by atoms with Crippen LogP contribution in [0.3, 0.4) is 0 Å². The summed E-state index contributed by atoms with van der Waals surface area (Å²) < 4.78 is 0. The molecule has 0 aromatic carbocycles. The highest BCUT2D eigenvalue weighted by Crippen LogP contribution is 2.14. The van der Waals surface area contributed by atoms with Gasteiger partial charge in [0.05, 0.1) is 6.04 Å². The minimum absolute atomic E-state index is 0.0113. The molecule has 2 fully saturated rings. The van der Waals surface area contributed by atoms with E-state index >= 15 is 0 Å². The van der Waals surface area contributed by atoms with Crippen LogP contribution in [0.2, 0.25) is 0 Å². The zero-order valence-corrected chi connectivity index (χ0v) is 20.4. The molecule has 1 unspecified atom stereocenters. The second-order valence-electron chi connectivity index (χ2n) is 9.25. The molecule has 1 N–H and O–H groups in total. The number of likely N-dealkylation sites (tertiary alicyclic amines) is 1. The van der Waals surface area contributed by atoms with Crippen LogP contribution in [0.1, 0.15) is 60.8 Å². The normalized spacial score (nSPS) is 20.0. The van der Waals surface area contributed by atoms with Gasteiger partial charge in [0.2, 0.25) is 5.91 Å². The standard InChI is InChI=1S/C23H46N6O/c1-7-24-23(25-11-10-14-29(19(2)3)20(4)5)28-17-15-26(16-18-28)21(6)22(30)27-12-8-9-13-27/h19-21H,7-18H2,1-6H3,(H,24,25). The summed E-state index contributed by atoms with van der Waals surface area (Å²) in [6, 6.07) is 1.13. The average Bonchev–Trinajstić information content (AvgIpc) is 3.26. The molecule has 0 aromatic heterocycles. The van der Waals surface area contributed by atoms with Gasteiger partial charge in [0.25, 0.3) is 0 Å². The van der Waals surface area contributed by atoms with Crippen molar-refractivity contribution in [1.82, 2.24) is 24.9 Å². The molecule has 30 heavy (non-hydrogen) atoms. The first kappa shape index (κ1) is 24.9. The maximum atomic E-state index is 12.7. The van der Waals surface area contributed by atoms with Crippen molar-refractivity contribution in [2.75, 3.05) is 58.9 Å². The van der Waals surface area contributed by atoms with Gasteiger partial charge in [-0.1, -0.05) is 0 Å². The van der Waals surface area contributed by atoms with Crippen molar-refractivity contribution in [1.29, 1.82) is 0 Å². The number of hydrogen-bond donors (Lipinski definition) is 1. The summed E-state index contributed by atoms with van der Waals surface area (Å²) in [5.41, 5.74) is 0. The lowest BCUT2D eigenvalue weighted by molar-refractivity contribution is -0.135. The summed E-state index contributed by atoms with van der Waals surface area (Å²) in [7, 11) is 0. The molecule has 7 heteroatoms. The van der Waals surface area contributed by atoms with Crippen LogP contribution in [-0.4, -0.2) is 108 Å². The predicted octanol–water partition coefficient (Wildman–Crippen LogP) is 2.09. The Morgan fingerprint density at radius 1 is 0.933 bits per heavy atom. The third kappa shape index (κ3) is 7.12. The van der Waals surface area contributed by atoms with Crippen molar-refractivity contribution < 1.29 is 4.79 Å². The highest BCUT2D eigenvalue weighted by atomic mass is 16.2. The highest BCUT2D eigenvalue weighted by Gasteiger charge is 2.30. The van der Waals surface area contributed by atoms with Gasteiger partial charge in [-0.2, -0.15) is 0 Å². The van der Waals surface area contributed by atoms with E-state index in [9.17, 15) is 4.79 Å². The number of rotatable bonds is 9. The summed E-state index contributed by atoms with van der Waals surface area (Å²) >= 11 is 0. The number of nitrogens with one attached hydrogen (secondary N) is 1. The topological polar surface area (TPSA) is 54.4 Å². The van der Waals surface area contributed by atoms with E-state index in [-0.39, 0.29) is 6.04 Å². The van der Waals surface area contributed by atoms with Gasteiger partial charge >= 0.3 is 0 Å². The average molecular weight is 423 g/mol. The van der Waals surface area contributed by atoms with Crippen molar-refractivity contribution in [2.45, 2.75) is 78.9 Å². The lowest BCUT2D eigenvalue weighted by atomic mass is 10.2. The number of amides is 1. The molecule has 2 aliphatic rings. The second kappa shape index (κ2) is 12.5. The molecule has 2 aliphatic heterocycles. The van der Waals surface area contributed by atoms with Crippen LogP contribution in [0.25, 0.3) is 0 Å². The van der Waals surface area contributed by atoms with Crippen molar-refractivity contribution >= 4 is 11.9 Å². The predicted molar refractivity (Wildman–Crippen MR) is 126 cm³/mol. The molecule has 0 aromatic rings. The number of carbonyl (C=O) groups is 1. The molecule has 2 rings (SSSR count).